The molecule has 6 heteroatoms. The van der Waals surface area contributed by atoms with Gasteiger partial charge in [-0.1, -0.05) is 29.5 Å². The van der Waals surface area contributed by atoms with E-state index in [0.29, 0.717) is 4.43 Å². The van der Waals surface area contributed by atoms with Gasteiger partial charge in [0, 0.05) is 16.8 Å². The number of hydrogen-bond donors (Lipinski definition) is 0. The molecule has 2 fully saturated rings. The summed E-state index contributed by atoms with van der Waals surface area (Å²) in [6.45, 7) is 3.53. The lowest BCUT2D eigenvalue weighted by Gasteiger charge is -2.35. The van der Waals surface area contributed by atoms with Gasteiger partial charge >= 0.3 is 11.7 Å². The predicted octanol–water partition coefficient (Wildman–Crippen LogP) is 1.64. The molecule has 3 atom stereocenters. The van der Waals surface area contributed by atoms with Crippen LogP contribution in [0.3, 0.4) is 0 Å². The summed E-state index contributed by atoms with van der Waals surface area (Å²) in [4.78, 5) is 26.6. The normalized spacial score (nSPS) is 37.8. The number of Topliss-reactive ketones (excluding diaryl/α,β-unsaturated/α-hetero) is 1. The van der Waals surface area contributed by atoms with Crippen LogP contribution in [0, 0.1) is 16.7 Å². The Morgan fingerprint density at radius 2 is 2.33 bits per heavy atom. The molecule has 3 unspecified atom stereocenters. The molecule has 18 heavy (non-hydrogen) atoms. The van der Waals surface area contributed by atoms with Gasteiger partial charge in [0.1, 0.15) is 0 Å². The summed E-state index contributed by atoms with van der Waals surface area (Å²) >= 11 is 2.19. The highest BCUT2D eigenvalue weighted by Gasteiger charge is 2.73. The van der Waals surface area contributed by atoms with E-state index in [9.17, 15) is 9.59 Å². The van der Waals surface area contributed by atoms with Crippen molar-refractivity contribution in [2.24, 2.45) is 16.7 Å². The average molecular weight is 362 g/mol. The first-order valence-electron chi connectivity index (χ1n) is 5.89. The van der Waals surface area contributed by atoms with Gasteiger partial charge in [0.15, 0.2) is 0 Å². The monoisotopic (exact) mass is 362 g/mol. The molecule has 0 radical (unpaired) electrons. The Balaban J connectivity index is 2.44. The highest BCUT2D eigenvalue weighted by Crippen LogP contribution is 2.63. The SMILES string of the molecule is CC(=O)OCC1(C)C2CCC1(CI)C(=O)C2=[N+]=[N-]. The minimum Gasteiger partial charge on any atom is -0.465 e. The van der Waals surface area contributed by atoms with Gasteiger partial charge in [-0.15, -0.1) is 0 Å². The summed E-state index contributed by atoms with van der Waals surface area (Å²) in [5.74, 6) is -0.532. The first-order valence-corrected chi connectivity index (χ1v) is 7.41. The van der Waals surface area contributed by atoms with Crippen molar-refractivity contribution in [3.05, 3.63) is 5.53 Å². The molecule has 2 bridgehead atoms. The van der Waals surface area contributed by atoms with E-state index < -0.39 is 10.8 Å². The smallest absolute Gasteiger partial charge is 0.338 e. The number of alkyl halides is 1. The molecule has 98 valence electrons. The maximum absolute atomic E-state index is 12.4. The van der Waals surface area contributed by atoms with E-state index in [1.165, 1.54) is 6.92 Å². The summed E-state index contributed by atoms with van der Waals surface area (Å²) in [5, 5.41) is 0. The Hall–Kier alpha value is -0.750. The lowest BCUT2D eigenvalue weighted by atomic mass is 9.69. The van der Waals surface area contributed by atoms with E-state index in [-0.39, 0.29) is 30.0 Å². The standard InChI is InChI=1S/C12H15IN2O3/c1-7(16)18-6-11(2)8-3-4-12(11,5-13)10(17)9(8)15-14/h8H,3-6H2,1-2H3. The van der Waals surface area contributed by atoms with Crippen molar-refractivity contribution in [2.45, 2.75) is 26.7 Å². The van der Waals surface area contributed by atoms with Crippen LogP contribution in [0.1, 0.15) is 26.7 Å². The number of halogens is 1. The molecule has 2 aliphatic carbocycles. The summed E-state index contributed by atoms with van der Waals surface area (Å²) in [6.07, 6.45) is 1.59. The fourth-order valence-corrected chi connectivity index (χ4v) is 5.03. The highest BCUT2D eigenvalue weighted by molar-refractivity contribution is 14.1. The van der Waals surface area contributed by atoms with Crippen LogP contribution < -0.4 is 0 Å². The number of fused-ring (bicyclic) bond motifs is 2. The molecule has 0 saturated heterocycles. The molecule has 2 saturated carbocycles. The van der Waals surface area contributed by atoms with Crippen molar-refractivity contribution in [3.63, 3.8) is 0 Å². The van der Waals surface area contributed by atoms with Gasteiger partial charge < -0.3 is 10.3 Å². The Bertz CT molecular complexity index is 472. The maximum atomic E-state index is 12.4. The van der Waals surface area contributed by atoms with Crippen LogP contribution in [0.25, 0.3) is 5.53 Å². The van der Waals surface area contributed by atoms with Gasteiger partial charge in [0.2, 0.25) is 5.78 Å². The number of carbonyl (C=O) groups excluding carboxylic acids is 2. The number of rotatable bonds is 3. The molecule has 0 amide bonds. The van der Waals surface area contributed by atoms with Crippen LogP contribution in [-0.4, -0.2) is 33.3 Å². The Morgan fingerprint density at radius 3 is 2.83 bits per heavy atom. The third-order valence-corrected chi connectivity index (χ3v) is 5.93. The first kappa shape index (κ1) is 13.7. The van der Waals surface area contributed by atoms with Crippen molar-refractivity contribution in [1.29, 1.82) is 0 Å². The summed E-state index contributed by atoms with van der Waals surface area (Å²) in [5.41, 5.74) is 8.30. The van der Waals surface area contributed by atoms with Crippen molar-refractivity contribution in [1.82, 2.24) is 0 Å². The minimum atomic E-state index is -0.546. The lowest BCUT2D eigenvalue weighted by Crippen LogP contribution is -2.43. The number of ketones is 1. The van der Waals surface area contributed by atoms with Crippen molar-refractivity contribution >= 4 is 40.1 Å². The number of esters is 1. The molecule has 0 aromatic heterocycles. The molecule has 0 aliphatic heterocycles. The molecule has 5 nitrogen and oxygen atoms in total. The molecule has 0 heterocycles. The molecular weight excluding hydrogens is 347 g/mol. The molecule has 2 rings (SSSR count). The number of carbonyl (C=O) groups is 2. The Kier molecular flexibility index (Phi) is 3.36. The molecule has 0 aromatic rings. The van der Waals surface area contributed by atoms with Gasteiger partial charge in [0.05, 0.1) is 17.9 Å². The number of nitrogens with zero attached hydrogens (tertiary/aromatic N) is 2. The molecule has 0 aromatic carbocycles. The summed E-state index contributed by atoms with van der Waals surface area (Å²) in [7, 11) is 0. The highest BCUT2D eigenvalue weighted by atomic mass is 127. The van der Waals surface area contributed by atoms with Crippen molar-refractivity contribution in [2.75, 3.05) is 11.0 Å². The zero-order valence-electron chi connectivity index (χ0n) is 10.4. The van der Waals surface area contributed by atoms with Crippen LogP contribution >= 0.6 is 22.6 Å². The van der Waals surface area contributed by atoms with Crippen LogP contribution in [0.15, 0.2) is 0 Å². The molecule has 0 N–H and O–H groups in total. The minimum absolute atomic E-state index is 0.0784. The van der Waals surface area contributed by atoms with E-state index in [2.05, 4.69) is 27.4 Å². The largest absolute Gasteiger partial charge is 0.465 e. The van der Waals surface area contributed by atoms with E-state index in [1.54, 1.807) is 0 Å². The first-order chi connectivity index (χ1) is 8.43. The van der Waals surface area contributed by atoms with Crippen molar-refractivity contribution in [3.8, 4) is 0 Å². The Labute approximate surface area is 119 Å². The summed E-state index contributed by atoms with van der Waals surface area (Å²) < 4.78 is 5.80. The van der Waals surface area contributed by atoms with Crippen LogP contribution in [0.4, 0.5) is 0 Å². The summed E-state index contributed by atoms with van der Waals surface area (Å²) in [6, 6.07) is 0. The predicted molar refractivity (Wildman–Crippen MR) is 72.4 cm³/mol. The Morgan fingerprint density at radius 1 is 1.67 bits per heavy atom. The zero-order chi connectivity index (χ0) is 13.6. The second-order valence-electron chi connectivity index (χ2n) is 5.32. The van der Waals surface area contributed by atoms with E-state index >= 15 is 0 Å². The second-order valence-corrected chi connectivity index (χ2v) is 6.08. The third kappa shape index (κ3) is 1.51. The number of hydrogen-bond acceptors (Lipinski definition) is 3. The third-order valence-electron chi connectivity index (χ3n) is 4.63. The fourth-order valence-electron chi connectivity index (χ4n) is 3.43. The number of ether oxygens (including phenoxy) is 1. The van der Waals surface area contributed by atoms with Gasteiger partial charge in [-0.3, -0.25) is 9.59 Å². The molecule has 0 spiro atoms. The fraction of sp³-hybridized carbons (Fsp3) is 0.750. The van der Waals surface area contributed by atoms with Crippen LogP contribution in [0.2, 0.25) is 0 Å². The molecular formula is C12H15IN2O3. The topological polar surface area (TPSA) is 79.8 Å². The van der Waals surface area contributed by atoms with E-state index in [1.807, 2.05) is 6.92 Å². The lowest BCUT2D eigenvalue weighted by molar-refractivity contribution is -0.148. The molecule has 2 aliphatic rings. The van der Waals surface area contributed by atoms with Gasteiger partial charge in [0.25, 0.3) is 0 Å². The van der Waals surface area contributed by atoms with Gasteiger partial charge in [-0.2, -0.15) is 4.79 Å². The van der Waals surface area contributed by atoms with E-state index in [0.717, 1.165) is 12.8 Å². The van der Waals surface area contributed by atoms with Crippen LogP contribution in [-0.2, 0) is 14.3 Å². The second kappa shape index (κ2) is 4.42. The van der Waals surface area contributed by atoms with Crippen molar-refractivity contribution < 1.29 is 19.1 Å². The van der Waals surface area contributed by atoms with Gasteiger partial charge in [-0.05, 0) is 12.8 Å². The average Bonchev–Trinajstić information content (AvgIpc) is 2.72. The zero-order valence-corrected chi connectivity index (χ0v) is 12.6. The quantitative estimate of drug-likeness (QED) is 0.252. The maximum Gasteiger partial charge on any atom is 0.338 e. The van der Waals surface area contributed by atoms with Crippen LogP contribution in [0.5, 0.6) is 0 Å². The van der Waals surface area contributed by atoms with Gasteiger partial charge in [-0.25, -0.2) is 0 Å². The van der Waals surface area contributed by atoms with E-state index in [4.69, 9.17) is 10.3 Å².